The summed E-state index contributed by atoms with van der Waals surface area (Å²) in [5.74, 6) is -0.742. The molecule has 1 unspecified atom stereocenters. The van der Waals surface area contributed by atoms with Gasteiger partial charge in [-0.15, -0.1) is 0 Å². The molecule has 1 atom stereocenters. The number of amides is 2. The molecule has 0 aliphatic carbocycles. The average molecular weight is 217 g/mol. The van der Waals surface area contributed by atoms with Crippen molar-refractivity contribution in [3.8, 4) is 0 Å². The number of primary amides is 1. The van der Waals surface area contributed by atoms with E-state index in [2.05, 4.69) is 10.8 Å². The van der Waals surface area contributed by atoms with E-state index in [-0.39, 0.29) is 12.5 Å². The lowest BCUT2D eigenvalue weighted by Gasteiger charge is -2.12. The van der Waals surface area contributed by atoms with Crippen molar-refractivity contribution in [3.05, 3.63) is 0 Å². The van der Waals surface area contributed by atoms with Crippen LogP contribution in [0.3, 0.4) is 0 Å². The summed E-state index contributed by atoms with van der Waals surface area (Å²) in [4.78, 5) is 26.3. The molecule has 6 heteroatoms. The quantitative estimate of drug-likeness (QED) is 0.370. The molecule has 0 heterocycles. The summed E-state index contributed by atoms with van der Waals surface area (Å²) < 4.78 is 0. The molecule has 0 rings (SSSR count). The summed E-state index contributed by atoms with van der Waals surface area (Å²) in [5, 5.41) is 2.72. The Labute approximate surface area is 89.5 Å². The molecule has 0 aliphatic heterocycles. The van der Waals surface area contributed by atoms with Gasteiger partial charge in [-0.05, 0) is 13.3 Å². The maximum absolute atomic E-state index is 11.3. The molecule has 0 aliphatic rings. The third kappa shape index (κ3) is 7.90. The Hall–Kier alpha value is -1.14. The molecular formula is C9H19N3O3. The SMILES string of the molecule is CCCCNC(=O)C(C)NOCC(N)=O. The largest absolute Gasteiger partial charge is 0.368 e. The Morgan fingerprint density at radius 2 is 2.13 bits per heavy atom. The highest BCUT2D eigenvalue weighted by Gasteiger charge is 2.11. The van der Waals surface area contributed by atoms with Gasteiger partial charge < -0.3 is 11.1 Å². The molecule has 4 N–H and O–H groups in total. The lowest BCUT2D eigenvalue weighted by atomic mass is 10.3. The molecule has 0 fully saturated rings. The maximum atomic E-state index is 11.3. The summed E-state index contributed by atoms with van der Waals surface area (Å²) >= 11 is 0. The Morgan fingerprint density at radius 3 is 2.67 bits per heavy atom. The predicted molar refractivity (Wildman–Crippen MR) is 55.7 cm³/mol. The van der Waals surface area contributed by atoms with Crippen LogP contribution >= 0.6 is 0 Å². The van der Waals surface area contributed by atoms with Crippen molar-refractivity contribution in [2.24, 2.45) is 5.73 Å². The van der Waals surface area contributed by atoms with Crippen molar-refractivity contribution in [2.75, 3.05) is 13.2 Å². The lowest BCUT2D eigenvalue weighted by molar-refractivity contribution is -0.132. The van der Waals surface area contributed by atoms with Crippen LogP contribution in [0.1, 0.15) is 26.7 Å². The highest BCUT2D eigenvalue weighted by atomic mass is 16.6. The van der Waals surface area contributed by atoms with Gasteiger partial charge in [0.05, 0.1) is 0 Å². The third-order valence-corrected chi connectivity index (χ3v) is 1.70. The Bertz CT molecular complexity index is 209. The van der Waals surface area contributed by atoms with Gasteiger partial charge in [-0.25, -0.2) is 0 Å². The number of hydrogen-bond acceptors (Lipinski definition) is 4. The molecule has 0 aromatic heterocycles. The number of hydrogen-bond donors (Lipinski definition) is 3. The monoisotopic (exact) mass is 217 g/mol. The Morgan fingerprint density at radius 1 is 1.47 bits per heavy atom. The van der Waals surface area contributed by atoms with Gasteiger partial charge in [0.1, 0.15) is 12.6 Å². The van der Waals surface area contributed by atoms with E-state index in [1.54, 1.807) is 6.92 Å². The Kier molecular flexibility index (Phi) is 7.57. The van der Waals surface area contributed by atoms with E-state index < -0.39 is 11.9 Å². The number of rotatable bonds is 8. The van der Waals surface area contributed by atoms with E-state index in [1.807, 2.05) is 6.92 Å². The van der Waals surface area contributed by atoms with Crippen LogP contribution in [0.5, 0.6) is 0 Å². The van der Waals surface area contributed by atoms with Crippen LogP contribution in [0.15, 0.2) is 0 Å². The number of nitrogens with two attached hydrogens (primary N) is 1. The highest BCUT2D eigenvalue weighted by Crippen LogP contribution is 1.86. The zero-order valence-electron chi connectivity index (χ0n) is 9.21. The number of hydroxylamine groups is 1. The second-order valence-corrected chi connectivity index (χ2v) is 3.24. The van der Waals surface area contributed by atoms with Gasteiger partial charge >= 0.3 is 0 Å². The zero-order valence-corrected chi connectivity index (χ0v) is 9.21. The first-order chi connectivity index (χ1) is 7.07. The van der Waals surface area contributed by atoms with Gasteiger partial charge in [0, 0.05) is 6.54 Å². The summed E-state index contributed by atoms with van der Waals surface area (Å²) in [7, 11) is 0. The van der Waals surface area contributed by atoms with Crippen LogP contribution in [-0.2, 0) is 14.4 Å². The summed E-state index contributed by atoms with van der Waals surface area (Å²) in [6.07, 6.45) is 1.97. The first-order valence-corrected chi connectivity index (χ1v) is 5.01. The predicted octanol–water partition coefficient (Wildman–Crippen LogP) is -0.702. The van der Waals surface area contributed by atoms with Crippen LogP contribution in [0.25, 0.3) is 0 Å². The standard InChI is InChI=1S/C9H19N3O3/c1-3-4-5-11-9(14)7(2)12-15-6-8(10)13/h7,12H,3-6H2,1-2H3,(H2,10,13)(H,11,14). The van der Waals surface area contributed by atoms with Gasteiger partial charge in [-0.1, -0.05) is 13.3 Å². The van der Waals surface area contributed by atoms with Crippen LogP contribution < -0.4 is 16.5 Å². The minimum Gasteiger partial charge on any atom is -0.368 e. The highest BCUT2D eigenvalue weighted by molar-refractivity contribution is 5.81. The molecule has 0 bridgehead atoms. The molecule has 0 saturated carbocycles. The molecule has 0 spiro atoms. The summed E-state index contributed by atoms with van der Waals surface area (Å²) in [5.41, 5.74) is 7.28. The average Bonchev–Trinajstić information content (AvgIpc) is 2.17. The lowest BCUT2D eigenvalue weighted by Crippen LogP contribution is -2.43. The molecule has 15 heavy (non-hydrogen) atoms. The third-order valence-electron chi connectivity index (χ3n) is 1.70. The Balaban J connectivity index is 3.55. The first-order valence-electron chi connectivity index (χ1n) is 5.01. The van der Waals surface area contributed by atoms with Gasteiger partial charge in [0.2, 0.25) is 11.8 Å². The molecule has 0 radical (unpaired) electrons. The van der Waals surface area contributed by atoms with Crippen LogP contribution in [0.4, 0.5) is 0 Å². The number of nitrogens with one attached hydrogen (secondary N) is 2. The molecule has 2 amide bonds. The van der Waals surface area contributed by atoms with Gasteiger partial charge in [0.15, 0.2) is 0 Å². The molecule has 0 aromatic carbocycles. The molecule has 0 aromatic rings. The van der Waals surface area contributed by atoms with E-state index in [0.29, 0.717) is 6.54 Å². The van der Waals surface area contributed by atoms with E-state index in [1.165, 1.54) is 0 Å². The van der Waals surface area contributed by atoms with Crippen molar-refractivity contribution < 1.29 is 14.4 Å². The van der Waals surface area contributed by atoms with Crippen molar-refractivity contribution in [3.63, 3.8) is 0 Å². The fraction of sp³-hybridized carbons (Fsp3) is 0.778. The normalized spacial score (nSPS) is 12.1. The van der Waals surface area contributed by atoms with Gasteiger partial charge in [-0.3, -0.25) is 14.4 Å². The van der Waals surface area contributed by atoms with Crippen molar-refractivity contribution in [2.45, 2.75) is 32.7 Å². The molecule has 6 nitrogen and oxygen atoms in total. The molecular weight excluding hydrogens is 198 g/mol. The molecule has 88 valence electrons. The minimum atomic E-state index is -0.582. The van der Waals surface area contributed by atoms with Crippen molar-refractivity contribution in [1.82, 2.24) is 10.8 Å². The number of carbonyl (C=O) groups is 2. The molecule has 0 saturated heterocycles. The van der Waals surface area contributed by atoms with E-state index in [9.17, 15) is 9.59 Å². The van der Waals surface area contributed by atoms with Crippen molar-refractivity contribution in [1.29, 1.82) is 0 Å². The topological polar surface area (TPSA) is 93.4 Å². The van der Waals surface area contributed by atoms with Crippen molar-refractivity contribution >= 4 is 11.8 Å². The maximum Gasteiger partial charge on any atom is 0.245 e. The number of unbranched alkanes of at least 4 members (excludes halogenated alkanes) is 1. The smallest absolute Gasteiger partial charge is 0.245 e. The fourth-order valence-corrected chi connectivity index (χ4v) is 0.833. The van der Waals surface area contributed by atoms with Crippen LogP contribution in [0.2, 0.25) is 0 Å². The minimum absolute atomic E-state index is 0.159. The van der Waals surface area contributed by atoms with E-state index >= 15 is 0 Å². The van der Waals surface area contributed by atoms with Crippen LogP contribution in [-0.4, -0.2) is 31.0 Å². The van der Waals surface area contributed by atoms with E-state index in [0.717, 1.165) is 12.8 Å². The second-order valence-electron chi connectivity index (χ2n) is 3.24. The fourth-order valence-electron chi connectivity index (χ4n) is 0.833. The van der Waals surface area contributed by atoms with Crippen LogP contribution in [0, 0.1) is 0 Å². The summed E-state index contributed by atoms with van der Waals surface area (Å²) in [6.45, 7) is 4.09. The van der Waals surface area contributed by atoms with E-state index in [4.69, 9.17) is 10.6 Å². The van der Waals surface area contributed by atoms with Gasteiger partial charge in [0.25, 0.3) is 0 Å². The van der Waals surface area contributed by atoms with Gasteiger partial charge in [-0.2, -0.15) is 5.48 Å². The zero-order chi connectivity index (χ0) is 11.7. The summed E-state index contributed by atoms with van der Waals surface area (Å²) in [6, 6.07) is -0.499. The number of carbonyl (C=O) groups excluding carboxylic acids is 2. The second kappa shape index (κ2) is 8.19. The first kappa shape index (κ1) is 13.9.